The SMILES string of the molecule is Cc1cccc(S(=O)(=O)N2CC(n3ccnn3)C2)c1. The van der Waals surface area contributed by atoms with Crippen molar-refractivity contribution in [3.63, 3.8) is 0 Å². The van der Waals surface area contributed by atoms with Crippen molar-refractivity contribution in [1.29, 1.82) is 0 Å². The first-order valence-corrected chi connectivity index (χ1v) is 7.44. The smallest absolute Gasteiger partial charge is 0.243 e. The highest BCUT2D eigenvalue weighted by molar-refractivity contribution is 7.89. The van der Waals surface area contributed by atoms with Crippen LogP contribution in [-0.2, 0) is 10.0 Å². The van der Waals surface area contributed by atoms with E-state index < -0.39 is 10.0 Å². The topological polar surface area (TPSA) is 68.1 Å². The molecule has 0 bridgehead atoms. The summed E-state index contributed by atoms with van der Waals surface area (Å²) in [5.74, 6) is 0. The monoisotopic (exact) mass is 278 g/mol. The lowest BCUT2D eigenvalue weighted by Gasteiger charge is -2.37. The number of aromatic nitrogens is 3. The van der Waals surface area contributed by atoms with Crippen LogP contribution in [0.15, 0.2) is 41.6 Å². The number of benzene rings is 1. The second-order valence-corrected chi connectivity index (χ2v) is 6.61. The summed E-state index contributed by atoms with van der Waals surface area (Å²) in [6.45, 7) is 2.77. The van der Waals surface area contributed by atoms with Gasteiger partial charge < -0.3 is 0 Å². The van der Waals surface area contributed by atoms with Crippen molar-refractivity contribution in [2.75, 3.05) is 13.1 Å². The zero-order valence-electron chi connectivity index (χ0n) is 10.5. The molecule has 1 aliphatic rings. The van der Waals surface area contributed by atoms with Crippen molar-refractivity contribution >= 4 is 10.0 Å². The maximum absolute atomic E-state index is 12.4. The fraction of sp³-hybridized carbons (Fsp3) is 0.333. The molecule has 100 valence electrons. The second-order valence-electron chi connectivity index (χ2n) is 4.68. The summed E-state index contributed by atoms with van der Waals surface area (Å²) in [7, 11) is -3.38. The van der Waals surface area contributed by atoms with Crippen molar-refractivity contribution < 1.29 is 8.42 Å². The normalized spacial score (nSPS) is 17.3. The van der Waals surface area contributed by atoms with Gasteiger partial charge in [0.05, 0.1) is 17.1 Å². The molecule has 7 heteroatoms. The molecule has 0 atom stereocenters. The Bertz CT molecular complexity index is 676. The van der Waals surface area contributed by atoms with E-state index in [1.807, 2.05) is 13.0 Å². The summed E-state index contributed by atoms with van der Waals surface area (Å²) in [5, 5.41) is 7.61. The van der Waals surface area contributed by atoms with Crippen LogP contribution in [0.5, 0.6) is 0 Å². The molecule has 19 heavy (non-hydrogen) atoms. The van der Waals surface area contributed by atoms with Gasteiger partial charge in [0.1, 0.15) is 0 Å². The van der Waals surface area contributed by atoms with E-state index in [4.69, 9.17) is 0 Å². The number of hydrogen-bond acceptors (Lipinski definition) is 4. The number of nitrogens with zero attached hydrogens (tertiary/aromatic N) is 4. The van der Waals surface area contributed by atoms with Gasteiger partial charge in [-0.3, -0.25) is 0 Å². The number of rotatable bonds is 3. The molecular weight excluding hydrogens is 264 g/mol. The fourth-order valence-corrected chi connectivity index (χ4v) is 3.74. The van der Waals surface area contributed by atoms with Crippen LogP contribution in [0.3, 0.4) is 0 Å². The lowest BCUT2D eigenvalue weighted by Crippen LogP contribution is -2.50. The van der Waals surface area contributed by atoms with Crippen LogP contribution in [0.4, 0.5) is 0 Å². The Morgan fingerprint density at radius 2 is 2.11 bits per heavy atom. The summed E-state index contributed by atoms with van der Waals surface area (Å²) in [6, 6.07) is 7.05. The first-order chi connectivity index (χ1) is 9.07. The molecule has 0 radical (unpaired) electrons. The first-order valence-electron chi connectivity index (χ1n) is 6.00. The van der Waals surface area contributed by atoms with Gasteiger partial charge in [0.2, 0.25) is 10.0 Å². The van der Waals surface area contributed by atoms with Crippen LogP contribution in [0.1, 0.15) is 11.6 Å². The minimum Gasteiger partial charge on any atom is -0.247 e. The number of sulfonamides is 1. The maximum Gasteiger partial charge on any atom is 0.243 e. The quantitative estimate of drug-likeness (QED) is 0.834. The minimum atomic E-state index is -3.38. The van der Waals surface area contributed by atoms with Crippen molar-refractivity contribution in [1.82, 2.24) is 19.3 Å². The summed E-state index contributed by atoms with van der Waals surface area (Å²) in [6.07, 6.45) is 3.35. The molecule has 1 aliphatic heterocycles. The van der Waals surface area contributed by atoms with Gasteiger partial charge >= 0.3 is 0 Å². The van der Waals surface area contributed by atoms with Gasteiger partial charge in [-0.25, -0.2) is 13.1 Å². The fourth-order valence-electron chi connectivity index (χ4n) is 2.12. The Kier molecular flexibility index (Phi) is 2.87. The molecule has 0 N–H and O–H groups in total. The first kappa shape index (κ1) is 12.3. The van der Waals surface area contributed by atoms with Crippen molar-refractivity contribution in [2.24, 2.45) is 0 Å². The molecule has 2 aromatic rings. The number of hydrogen-bond donors (Lipinski definition) is 0. The molecule has 6 nitrogen and oxygen atoms in total. The third-order valence-electron chi connectivity index (χ3n) is 3.27. The Hall–Kier alpha value is -1.73. The molecule has 1 fully saturated rings. The molecule has 1 aromatic heterocycles. The van der Waals surface area contributed by atoms with Gasteiger partial charge in [0.15, 0.2) is 0 Å². The van der Waals surface area contributed by atoms with Crippen LogP contribution in [-0.4, -0.2) is 40.8 Å². The van der Waals surface area contributed by atoms with Crippen molar-refractivity contribution in [3.05, 3.63) is 42.2 Å². The minimum absolute atomic E-state index is 0.0853. The predicted octanol–water partition coefficient (Wildman–Crippen LogP) is 0.832. The molecular formula is C12H14N4O2S. The van der Waals surface area contributed by atoms with Gasteiger partial charge in [-0.2, -0.15) is 4.31 Å². The third-order valence-corrected chi connectivity index (χ3v) is 5.10. The molecule has 0 amide bonds. The molecule has 0 saturated carbocycles. The lowest BCUT2D eigenvalue weighted by molar-refractivity contribution is 0.189. The Balaban J connectivity index is 1.77. The Morgan fingerprint density at radius 3 is 2.74 bits per heavy atom. The summed E-state index contributed by atoms with van der Waals surface area (Å²) in [4.78, 5) is 0.351. The molecule has 3 rings (SSSR count). The molecule has 0 unspecified atom stereocenters. The van der Waals surface area contributed by atoms with E-state index >= 15 is 0 Å². The third kappa shape index (κ3) is 2.15. The molecule has 0 aliphatic carbocycles. The zero-order valence-corrected chi connectivity index (χ0v) is 11.3. The van der Waals surface area contributed by atoms with E-state index in [0.717, 1.165) is 5.56 Å². The number of aryl methyl sites for hydroxylation is 1. The van der Waals surface area contributed by atoms with E-state index in [-0.39, 0.29) is 6.04 Å². The van der Waals surface area contributed by atoms with Crippen LogP contribution in [0.2, 0.25) is 0 Å². The Morgan fingerprint density at radius 1 is 1.32 bits per heavy atom. The van der Waals surface area contributed by atoms with Gasteiger partial charge in [-0.05, 0) is 24.6 Å². The van der Waals surface area contributed by atoms with E-state index in [1.165, 1.54) is 4.31 Å². The van der Waals surface area contributed by atoms with Crippen molar-refractivity contribution in [3.8, 4) is 0 Å². The Labute approximate surface area is 111 Å². The highest BCUT2D eigenvalue weighted by Crippen LogP contribution is 2.27. The van der Waals surface area contributed by atoms with Crippen LogP contribution < -0.4 is 0 Å². The van der Waals surface area contributed by atoms with Gasteiger partial charge in [0, 0.05) is 19.3 Å². The average molecular weight is 278 g/mol. The predicted molar refractivity (Wildman–Crippen MR) is 69.0 cm³/mol. The van der Waals surface area contributed by atoms with Gasteiger partial charge in [-0.15, -0.1) is 5.10 Å². The molecule has 2 heterocycles. The molecule has 0 spiro atoms. The second kappa shape index (κ2) is 4.43. The van der Waals surface area contributed by atoms with E-state index in [9.17, 15) is 8.42 Å². The van der Waals surface area contributed by atoms with Crippen LogP contribution >= 0.6 is 0 Å². The van der Waals surface area contributed by atoms with Gasteiger partial charge in [-0.1, -0.05) is 17.3 Å². The van der Waals surface area contributed by atoms with Crippen LogP contribution in [0, 0.1) is 6.92 Å². The van der Waals surface area contributed by atoms with Crippen LogP contribution in [0.25, 0.3) is 0 Å². The average Bonchev–Trinajstić information content (AvgIpc) is 2.80. The van der Waals surface area contributed by atoms with E-state index in [0.29, 0.717) is 18.0 Å². The zero-order chi connectivity index (χ0) is 13.5. The highest BCUT2D eigenvalue weighted by atomic mass is 32.2. The maximum atomic E-state index is 12.4. The largest absolute Gasteiger partial charge is 0.247 e. The molecule has 1 saturated heterocycles. The summed E-state index contributed by atoms with van der Waals surface area (Å²) in [5.41, 5.74) is 0.939. The summed E-state index contributed by atoms with van der Waals surface area (Å²) >= 11 is 0. The van der Waals surface area contributed by atoms with Crippen molar-refractivity contribution in [2.45, 2.75) is 17.9 Å². The standard InChI is InChI=1S/C12H14N4O2S/c1-10-3-2-4-12(7-10)19(17,18)15-8-11(9-15)16-6-5-13-14-16/h2-7,11H,8-9H2,1H3. The lowest BCUT2D eigenvalue weighted by atomic mass is 10.2. The summed E-state index contributed by atoms with van der Waals surface area (Å²) < 4.78 is 27.9. The van der Waals surface area contributed by atoms with E-state index in [1.54, 1.807) is 35.3 Å². The van der Waals surface area contributed by atoms with E-state index in [2.05, 4.69) is 10.3 Å². The molecule has 1 aromatic carbocycles. The highest BCUT2D eigenvalue weighted by Gasteiger charge is 2.38. The van der Waals surface area contributed by atoms with Gasteiger partial charge in [0.25, 0.3) is 0 Å².